The minimum atomic E-state index is -0.295. The largest absolute Gasteiger partial charge is 0.394 e. The van der Waals surface area contributed by atoms with Crippen LogP contribution in [0.15, 0.2) is 18.2 Å². The number of H-pyrrole nitrogens is 1. The lowest BCUT2D eigenvalue weighted by molar-refractivity contribution is 0.271. The van der Waals surface area contributed by atoms with Crippen LogP contribution in [0.4, 0.5) is 10.3 Å². The number of aromatic nitrogens is 2. The quantitative estimate of drug-likeness (QED) is 0.741. The number of aliphatic hydroxyl groups excluding tert-OH is 1. The average molecular weight is 223 g/mol. The van der Waals surface area contributed by atoms with Crippen molar-refractivity contribution in [1.82, 2.24) is 9.97 Å². The van der Waals surface area contributed by atoms with Crippen molar-refractivity contribution in [2.24, 2.45) is 0 Å². The fraction of sp³-hybridized carbons (Fsp3) is 0.364. The molecule has 5 heteroatoms. The van der Waals surface area contributed by atoms with Crippen LogP contribution in [0.25, 0.3) is 11.0 Å². The normalized spacial score (nSPS) is 12.9. The molecular formula is C11H14FN3O. The number of halogens is 1. The standard InChI is InChI=1S/C11H14FN3O/c1-2-8(6-16)13-11-14-9-4-3-7(12)5-10(9)15-11/h3-5,8,16H,2,6H2,1H3,(H2,13,14,15). The van der Waals surface area contributed by atoms with Gasteiger partial charge in [0.05, 0.1) is 23.7 Å². The number of nitrogens with one attached hydrogen (secondary N) is 2. The topological polar surface area (TPSA) is 60.9 Å². The number of benzene rings is 1. The molecule has 0 amide bonds. The van der Waals surface area contributed by atoms with Gasteiger partial charge in [0.15, 0.2) is 0 Å². The van der Waals surface area contributed by atoms with E-state index in [1.165, 1.54) is 12.1 Å². The highest BCUT2D eigenvalue weighted by molar-refractivity contribution is 5.77. The smallest absolute Gasteiger partial charge is 0.201 e. The zero-order valence-corrected chi connectivity index (χ0v) is 9.00. The van der Waals surface area contributed by atoms with Gasteiger partial charge in [0, 0.05) is 0 Å². The Hall–Kier alpha value is -1.62. The summed E-state index contributed by atoms with van der Waals surface area (Å²) in [5, 5.41) is 12.1. The fourth-order valence-electron chi connectivity index (χ4n) is 1.52. The predicted molar refractivity (Wildman–Crippen MR) is 60.8 cm³/mol. The van der Waals surface area contributed by atoms with Crippen LogP contribution in [0.1, 0.15) is 13.3 Å². The molecular weight excluding hydrogens is 209 g/mol. The van der Waals surface area contributed by atoms with E-state index >= 15 is 0 Å². The molecule has 0 saturated carbocycles. The Balaban J connectivity index is 2.25. The Labute approximate surface area is 92.5 Å². The third-order valence-electron chi connectivity index (χ3n) is 2.50. The lowest BCUT2D eigenvalue weighted by atomic mass is 10.2. The number of imidazole rings is 1. The highest BCUT2D eigenvalue weighted by Crippen LogP contribution is 2.16. The van der Waals surface area contributed by atoms with E-state index in [9.17, 15) is 4.39 Å². The van der Waals surface area contributed by atoms with Crippen LogP contribution < -0.4 is 5.32 Å². The Morgan fingerprint density at radius 1 is 1.56 bits per heavy atom. The molecule has 0 radical (unpaired) electrons. The van der Waals surface area contributed by atoms with Gasteiger partial charge in [-0.05, 0) is 24.6 Å². The SMILES string of the molecule is CCC(CO)Nc1nc2ccc(F)cc2[nH]1. The van der Waals surface area contributed by atoms with Crippen molar-refractivity contribution >= 4 is 17.0 Å². The van der Waals surface area contributed by atoms with Crippen LogP contribution >= 0.6 is 0 Å². The highest BCUT2D eigenvalue weighted by atomic mass is 19.1. The first-order valence-corrected chi connectivity index (χ1v) is 5.25. The lowest BCUT2D eigenvalue weighted by Crippen LogP contribution is -2.23. The summed E-state index contributed by atoms with van der Waals surface area (Å²) in [5.41, 5.74) is 1.35. The van der Waals surface area contributed by atoms with Gasteiger partial charge in [-0.1, -0.05) is 6.92 Å². The molecule has 0 saturated heterocycles. The van der Waals surface area contributed by atoms with Gasteiger partial charge in [-0.2, -0.15) is 0 Å². The molecule has 0 aliphatic rings. The molecule has 0 aliphatic carbocycles. The van der Waals surface area contributed by atoms with Crippen LogP contribution in [0.2, 0.25) is 0 Å². The van der Waals surface area contributed by atoms with Crippen LogP contribution in [-0.2, 0) is 0 Å². The Morgan fingerprint density at radius 2 is 2.38 bits per heavy atom. The summed E-state index contributed by atoms with van der Waals surface area (Å²) >= 11 is 0. The Bertz CT molecular complexity index is 479. The summed E-state index contributed by atoms with van der Waals surface area (Å²) in [6.07, 6.45) is 0.794. The van der Waals surface area contributed by atoms with Crippen molar-refractivity contribution in [3.05, 3.63) is 24.0 Å². The molecule has 1 unspecified atom stereocenters. The van der Waals surface area contributed by atoms with Crippen LogP contribution in [-0.4, -0.2) is 27.7 Å². The highest BCUT2D eigenvalue weighted by Gasteiger charge is 2.08. The maximum absolute atomic E-state index is 12.9. The van der Waals surface area contributed by atoms with E-state index in [1.807, 2.05) is 6.92 Å². The summed E-state index contributed by atoms with van der Waals surface area (Å²) < 4.78 is 12.9. The number of aliphatic hydroxyl groups is 1. The molecule has 4 nitrogen and oxygen atoms in total. The Kier molecular flexibility index (Phi) is 3.05. The van der Waals surface area contributed by atoms with Crippen molar-refractivity contribution in [1.29, 1.82) is 0 Å². The van der Waals surface area contributed by atoms with Crippen molar-refractivity contribution < 1.29 is 9.50 Å². The van der Waals surface area contributed by atoms with Gasteiger partial charge in [0.25, 0.3) is 0 Å². The molecule has 16 heavy (non-hydrogen) atoms. The number of hydrogen-bond donors (Lipinski definition) is 3. The zero-order valence-electron chi connectivity index (χ0n) is 9.00. The van der Waals surface area contributed by atoms with E-state index in [2.05, 4.69) is 15.3 Å². The number of aromatic amines is 1. The van der Waals surface area contributed by atoms with Gasteiger partial charge < -0.3 is 15.4 Å². The lowest BCUT2D eigenvalue weighted by Gasteiger charge is -2.12. The second kappa shape index (κ2) is 4.49. The molecule has 0 bridgehead atoms. The summed E-state index contributed by atoms with van der Waals surface area (Å²) in [4.78, 5) is 7.21. The summed E-state index contributed by atoms with van der Waals surface area (Å²) in [7, 11) is 0. The number of anilines is 1. The van der Waals surface area contributed by atoms with Gasteiger partial charge >= 0.3 is 0 Å². The molecule has 1 aromatic carbocycles. The van der Waals surface area contributed by atoms with Crippen LogP contribution in [0, 0.1) is 5.82 Å². The Morgan fingerprint density at radius 3 is 3.06 bits per heavy atom. The summed E-state index contributed by atoms with van der Waals surface area (Å²) in [6, 6.07) is 4.35. The number of rotatable bonds is 4. The summed E-state index contributed by atoms with van der Waals surface area (Å²) in [5.74, 6) is 0.262. The van der Waals surface area contributed by atoms with Gasteiger partial charge in [0.1, 0.15) is 5.82 Å². The fourth-order valence-corrected chi connectivity index (χ4v) is 1.52. The average Bonchev–Trinajstić information content (AvgIpc) is 2.67. The third kappa shape index (κ3) is 2.14. The van der Waals surface area contributed by atoms with Crippen molar-refractivity contribution in [2.75, 3.05) is 11.9 Å². The van der Waals surface area contributed by atoms with E-state index in [4.69, 9.17) is 5.11 Å². The minimum absolute atomic E-state index is 0.0367. The van der Waals surface area contributed by atoms with Gasteiger partial charge in [0.2, 0.25) is 5.95 Å². The van der Waals surface area contributed by atoms with Crippen molar-refractivity contribution in [3.63, 3.8) is 0 Å². The molecule has 0 aliphatic heterocycles. The minimum Gasteiger partial charge on any atom is -0.394 e. The second-order valence-electron chi connectivity index (χ2n) is 3.68. The first-order chi connectivity index (χ1) is 7.72. The van der Waals surface area contributed by atoms with E-state index < -0.39 is 0 Å². The van der Waals surface area contributed by atoms with E-state index in [0.29, 0.717) is 17.0 Å². The maximum Gasteiger partial charge on any atom is 0.201 e. The monoisotopic (exact) mass is 223 g/mol. The number of fused-ring (bicyclic) bond motifs is 1. The molecule has 1 aromatic heterocycles. The maximum atomic E-state index is 12.9. The van der Waals surface area contributed by atoms with Crippen molar-refractivity contribution in [3.8, 4) is 0 Å². The first kappa shape index (κ1) is 10.9. The molecule has 1 heterocycles. The predicted octanol–water partition coefficient (Wildman–Crippen LogP) is 1.88. The molecule has 1 atom stereocenters. The van der Waals surface area contributed by atoms with Gasteiger partial charge in [-0.3, -0.25) is 0 Å². The van der Waals surface area contributed by atoms with Crippen LogP contribution in [0.5, 0.6) is 0 Å². The molecule has 2 aromatic rings. The van der Waals surface area contributed by atoms with E-state index in [1.54, 1.807) is 6.07 Å². The molecule has 0 spiro atoms. The third-order valence-corrected chi connectivity index (χ3v) is 2.50. The second-order valence-corrected chi connectivity index (χ2v) is 3.68. The summed E-state index contributed by atoms with van der Waals surface area (Å²) in [6.45, 7) is 2.01. The van der Waals surface area contributed by atoms with Crippen LogP contribution in [0.3, 0.4) is 0 Å². The zero-order chi connectivity index (χ0) is 11.5. The molecule has 3 N–H and O–H groups in total. The number of hydrogen-bond acceptors (Lipinski definition) is 3. The van der Waals surface area contributed by atoms with E-state index in [0.717, 1.165) is 6.42 Å². The molecule has 2 rings (SSSR count). The molecule has 0 fully saturated rings. The van der Waals surface area contributed by atoms with E-state index in [-0.39, 0.29) is 18.5 Å². The number of nitrogens with zero attached hydrogens (tertiary/aromatic N) is 1. The van der Waals surface area contributed by atoms with Gasteiger partial charge in [-0.25, -0.2) is 9.37 Å². The van der Waals surface area contributed by atoms with Gasteiger partial charge in [-0.15, -0.1) is 0 Å². The van der Waals surface area contributed by atoms with Crippen molar-refractivity contribution in [2.45, 2.75) is 19.4 Å². The molecule has 86 valence electrons. The first-order valence-electron chi connectivity index (χ1n) is 5.25.